The third-order valence-electron chi connectivity index (χ3n) is 2.30. The molecule has 1 rings (SSSR count). The average molecular weight is 255 g/mol. The lowest BCUT2D eigenvalue weighted by Gasteiger charge is -2.21. The van der Waals surface area contributed by atoms with E-state index >= 15 is 0 Å². The van der Waals surface area contributed by atoms with Gasteiger partial charge in [0.05, 0.1) is 6.04 Å². The Morgan fingerprint density at radius 3 is 2.72 bits per heavy atom. The van der Waals surface area contributed by atoms with E-state index in [0.717, 1.165) is 18.2 Å². The van der Waals surface area contributed by atoms with Crippen molar-refractivity contribution < 1.29 is 23.8 Å². The number of carbonyl (C=O) groups is 1. The van der Waals surface area contributed by atoms with Crippen LogP contribution in [0.1, 0.15) is 18.1 Å². The molecule has 2 unspecified atom stereocenters. The van der Waals surface area contributed by atoms with Crippen LogP contribution in [-0.2, 0) is 0 Å². The van der Waals surface area contributed by atoms with Gasteiger partial charge in [0.25, 0.3) is 0 Å². The highest BCUT2D eigenvalue weighted by molar-refractivity contribution is 5.65. The lowest BCUT2D eigenvalue weighted by molar-refractivity contribution is 0.118. The Kier molecular flexibility index (Phi) is 4.63. The van der Waals surface area contributed by atoms with Gasteiger partial charge < -0.3 is 15.5 Å². The van der Waals surface area contributed by atoms with E-state index in [1.807, 2.05) is 5.32 Å². The molecule has 0 aliphatic rings. The number of halogens is 2. The summed E-state index contributed by atoms with van der Waals surface area (Å²) < 4.78 is 26.4. The van der Waals surface area contributed by atoms with Crippen molar-refractivity contribution in [1.82, 2.24) is 5.32 Å². The maximum absolute atomic E-state index is 13.4. The van der Waals surface area contributed by atoms with Gasteiger partial charge in [-0.05, 0) is 18.2 Å². The van der Waals surface area contributed by atoms with Crippen LogP contribution in [0.5, 0.6) is 0 Å². The summed E-state index contributed by atoms with van der Waals surface area (Å²) in [6.45, 7) is 0. The van der Waals surface area contributed by atoms with Crippen LogP contribution in [0.25, 0.3) is 0 Å². The third kappa shape index (κ3) is 3.43. The maximum atomic E-state index is 13.4. The number of hydrogen-bond donors (Lipinski definition) is 3. The Morgan fingerprint density at radius 1 is 1.50 bits per heavy atom. The SMILES string of the molecule is C#CCC(NC(=O)O)C(O)c1cc(F)ccc1F. The summed E-state index contributed by atoms with van der Waals surface area (Å²) in [5.41, 5.74) is -0.344. The summed E-state index contributed by atoms with van der Waals surface area (Å²) in [5.74, 6) is 0.585. The summed E-state index contributed by atoms with van der Waals surface area (Å²) in [7, 11) is 0. The summed E-state index contributed by atoms with van der Waals surface area (Å²) >= 11 is 0. The molecule has 0 aliphatic carbocycles. The number of rotatable bonds is 4. The van der Waals surface area contributed by atoms with Crippen LogP contribution in [0.2, 0.25) is 0 Å². The van der Waals surface area contributed by atoms with Gasteiger partial charge in [0.15, 0.2) is 0 Å². The largest absolute Gasteiger partial charge is 0.465 e. The molecule has 0 fully saturated rings. The summed E-state index contributed by atoms with van der Waals surface area (Å²) in [6, 6.07) is 1.44. The second-order valence-corrected chi connectivity index (χ2v) is 3.57. The first-order valence-corrected chi connectivity index (χ1v) is 5.01. The Morgan fingerprint density at radius 2 is 2.17 bits per heavy atom. The number of benzene rings is 1. The van der Waals surface area contributed by atoms with E-state index in [2.05, 4.69) is 5.92 Å². The molecule has 1 aromatic rings. The van der Waals surface area contributed by atoms with Crippen LogP contribution >= 0.6 is 0 Å². The van der Waals surface area contributed by atoms with E-state index in [4.69, 9.17) is 11.5 Å². The van der Waals surface area contributed by atoms with Crippen LogP contribution in [0.3, 0.4) is 0 Å². The van der Waals surface area contributed by atoms with Crippen molar-refractivity contribution in [2.24, 2.45) is 0 Å². The normalized spacial score (nSPS) is 13.4. The molecule has 0 saturated carbocycles. The van der Waals surface area contributed by atoms with Crippen molar-refractivity contribution in [3.63, 3.8) is 0 Å². The van der Waals surface area contributed by atoms with Crippen molar-refractivity contribution in [2.45, 2.75) is 18.6 Å². The maximum Gasteiger partial charge on any atom is 0.405 e. The number of amides is 1. The zero-order valence-corrected chi connectivity index (χ0v) is 9.23. The minimum absolute atomic E-state index is 0.149. The molecule has 0 aromatic heterocycles. The second kappa shape index (κ2) is 5.98. The standard InChI is InChI=1S/C12H11F2NO3/c1-2-3-10(15-12(17)18)11(16)8-6-7(13)4-5-9(8)14/h1,4-6,10-11,15-16H,3H2,(H,17,18). The zero-order valence-electron chi connectivity index (χ0n) is 9.23. The summed E-state index contributed by atoms with van der Waals surface area (Å²) in [4.78, 5) is 10.5. The molecule has 96 valence electrons. The Labute approximate surface area is 102 Å². The van der Waals surface area contributed by atoms with E-state index in [1.165, 1.54) is 0 Å². The second-order valence-electron chi connectivity index (χ2n) is 3.57. The number of carboxylic acid groups (broad SMARTS) is 1. The Hall–Kier alpha value is -2.13. The van der Waals surface area contributed by atoms with E-state index in [1.54, 1.807) is 0 Å². The first-order valence-electron chi connectivity index (χ1n) is 5.01. The molecular weight excluding hydrogens is 244 g/mol. The van der Waals surface area contributed by atoms with Gasteiger partial charge >= 0.3 is 6.09 Å². The third-order valence-corrected chi connectivity index (χ3v) is 2.30. The van der Waals surface area contributed by atoms with Gasteiger partial charge in [-0.15, -0.1) is 12.3 Å². The number of nitrogens with one attached hydrogen (secondary N) is 1. The number of hydrogen-bond acceptors (Lipinski definition) is 2. The molecule has 18 heavy (non-hydrogen) atoms. The number of aliphatic hydroxyl groups excluding tert-OH is 1. The van der Waals surface area contributed by atoms with Gasteiger partial charge in [0, 0.05) is 12.0 Å². The molecule has 3 N–H and O–H groups in total. The molecule has 0 spiro atoms. The van der Waals surface area contributed by atoms with Gasteiger partial charge in [-0.3, -0.25) is 0 Å². The van der Waals surface area contributed by atoms with Crippen molar-refractivity contribution >= 4 is 6.09 Å². The number of terminal acetylenes is 1. The van der Waals surface area contributed by atoms with Crippen LogP contribution < -0.4 is 5.32 Å². The van der Waals surface area contributed by atoms with Gasteiger partial charge in [0.1, 0.15) is 17.7 Å². The molecule has 2 atom stereocenters. The topological polar surface area (TPSA) is 69.6 Å². The van der Waals surface area contributed by atoms with Gasteiger partial charge in [-0.1, -0.05) is 0 Å². The predicted octanol–water partition coefficient (Wildman–Crippen LogP) is 1.66. The van der Waals surface area contributed by atoms with Crippen LogP contribution in [-0.4, -0.2) is 22.3 Å². The average Bonchev–Trinajstić information content (AvgIpc) is 2.30. The fourth-order valence-corrected chi connectivity index (χ4v) is 1.49. The van der Waals surface area contributed by atoms with Gasteiger partial charge in [0.2, 0.25) is 0 Å². The predicted molar refractivity (Wildman–Crippen MR) is 59.7 cm³/mol. The minimum Gasteiger partial charge on any atom is -0.465 e. The Bertz CT molecular complexity index is 485. The summed E-state index contributed by atoms with van der Waals surface area (Å²) in [6.07, 6.45) is 1.90. The molecule has 0 bridgehead atoms. The zero-order chi connectivity index (χ0) is 13.7. The molecule has 1 aromatic carbocycles. The van der Waals surface area contributed by atoms with Crippen molar-refractivity contribution in [3.05, 3.63) is 35.4 Å². The fraction of sp³-hybridized carbons (Fsp3) is 0.250. The van der Waals surface area contributed by atoms with E-state index in [9.17, 15) is 18.7 Å². The lowest BCUT2D eigenvalue weighted by Crippen LogP contribution is -2.38. The highest BCUT2D eigenvalue weighted by atomic mass is 19.1. The smallest absolute Gasteiger partial charge is 0.405 e. The van der Waals surface area contributed by atoms with E-state index in [0.29, 0.717) is 0 Å². The van der Waals surface area contributed by atoms with Crippen molar-refractivity contribution in [3.8, 4) is 12.3 Å². The molecule has 0 radical (unpaired) electrons. The molecule has 0 aliphatic heterocycles. The van der Waals surface area contributed by atoms with Crippen LogP contribution in [0.15, 0.2) is 18.2 Å². The van der Waals surface area contributed by atoms with Crippen molar-refractivity contribution in [2.75, 3.05) is 0 Å². The van der Waals surface area contributed by atoms with Crippen LogP contribution in [0.4, 0.5) is 13.6 Å². The lowest BCUT2D eigenvalue weighted by atomic mass is 9.99. The highest BCUT2D eigenvalue weighted by Crippen LogP contribution is 2.22. The molecular formula is C12H11F2NO3. The van der Waals surface area contributed by atoms with Crippen LogP contribution in [0, 0.1) is 24.0 Å². The first-order chi connectivity index (χ1) is 8.45. The van der Waals surface area contributed by atoms with E-state index in [-0.39, 0.29) is 12.0 Å². The summed E-state index contributed by atoms with van der Waals surface area (Å²) in [5, 5.41) is 20.4. The molecule has 4 nitrogen and oxygen atoms in total. The minimum atomic E-state index is -1.56. The van der Waals surface area contributed by atoms with Gasteiger partial charge in [-0.25, -0.2) is 13.6 Å². The van der Waals surface area contributed by atoms with Gasteiger partial charge in [-0.2, -0.15) is 0 Å². The highest BCUT2D eigenvalue weighted by Gasteiger charge is 2.24. The van der Waals surface area contributed by atoms with E-state index < -0.39 is 29.9 Å². The first kappa shape index (κ1) is 13.9. The molecule has 0 heterocycles. The molecule has 0 saturated heterocycles. The molecule has 1 amide bonds. The quantitative estimate of drug-likeness (QED) is 0.716. The fourth-order valence-electron chi connectivity index (χ4n) is 1.49. The van der Waals surface area contributed by atoms with Crippen molar-refractivity contribution in [1.29, 1.82) is 0 Å². The Balaban J connectivity index is 3.01. The monoisotopic (exact) mass is 255 g/mol. The molecule has 6 heteroatoms. The number of aliphatic hydroxyl groups is 1.